The van der Waals surface area contributed by atoms with Crippen molar-refractivity contribution >= 4 is 17.7 Å². The van der Waals surface area contributed by atoms with E-state index < -0.39 is 41.6 Å². The predicted molar refractivity (Wildman–Crippen MR) is 43.3 cm³/mol. The molecule has 1 rings (SSSR count). The first-order chi connectivity index (χ1) is 6.34. The fraction of sp³-hybridized carbons (Fsp3) is 0.571. The van der Waals surface area contributed by atoms with E-state index in [0.717, 1.165) is 0 Å². The van der Waals surface area contributed by atoms with E-state index in [0.29, 0.717) is 0 Å². The summed E-state index contributed by atoms with van der Waals surface area (Å²) in [4.78, 5) is 32.9. The van der Waals surface area contributed by atoms with Gasteiger partial charge in [-0.25, -0.2) is 0 Å². The Kier molecular flexibility index (Phi) is 2.30. The van der Waals surface area contributed by atoms with Crippen LogP contribution in [-0.2, 0) is 14.4 Å². The molecule has 14 heavy (non-hydrogen) atoms. The molecular formula is C7H10N2O5. The minimum absolute atomic E-state index is 0.461. The Morgan fingerprint density at radius 2 is 1.71 bits per heavy atom. The average Bonchev–Trinajstić information content (AvgIpc) is 2.30. The van der Waals surface area contributed by atoms with Gasteiger partial charge in [-0.2, -0.15) is 0 Å². The molecule has 0 bridgehead atoms. The van der Waals surface area contributed by atoms with Gasteiger partial charge in [-0.3, -0.25) is 14.4 Å². The van der Waals surface area contributed by atoms with E-state index in [4.69, 9.17) is 21.7 Å². The second-order valence-electron chi connectivity index (χ2n) is 3.27. The molecule has 7 nitrogen and oxygen atoms in total. The number of aliphatic carboxylic acids is 2. The van der Waals surface area contributed by atoms with E-state index in [1.165, 1.54) is 0 Å². The van der Waals surface area contributed by atoms with Crippen LogP contribution >= 0.6 is 0 Å². The number of hydrogen-bond donors (Lipinski definition) is 4. The normalized spacial score (nSPS) is 30.3. The van der Waals surface area contributed by atoms with Crippen molar-refractivity contribution in [3.63, 3.8) is 0 Å². The van der Waals surface area contributed by atoms with Crippen LogP contribution in [0.4, 0.5) is 0 Å². The molecule has 1 aliphatic rings. The molecule has 0 radical (unpaired) electrons. The summed E-state index contributed by atoms with van der Waals surface area (Å²) in [6.45, 7) is 0. The number of carbonyl (C=O) groups excluding carboxylic acids is 1. The second-order valence-corrected chi connectivity index (χ2v) is 3.27. The zero-order valence-corrected chi connectivity index (χ0v) is 7.14. The van der Waals surface area contributed by atoms with E-state index >= 15 is 0 Å². The number of hydrogen-bond acceptors (Lipinski definition) is 5. The summed E-state index contributed by atoms with van der Waals surface area (Å²) < 4.78 is 0. The number of carboxylic acids is 2. The topological polar surface area (TPSA) is 144 Å². The summed E-state index contributed by atoms with van der Waals surface area (Å²) >= 11 is 0. The maximum Gasteiger partial charge on any atom is 0.328 e. The lowest BCUT2D eigenvalue weighted by molar-refractivity contribution is -0.166. The van der Waals surface area contributed by atoms with E-state index in [1.54, 1.807) is 0 Å². The van der Waals surface area contributed by atoms with Crippen LogP contribution in [0.5, 0.6) is 0 Å². The SMILES string of the molecule is NC1CC(C(=O)O)(C(=O)O)C(=O)C1N. The van der Waals surface area contributed by atoms with Gasteiger partial charge >= 0.3 is 11.9 Å². The molecule has 78 valence electrons. The van der Waals surface area contributed by atoms with Crippen molar-refractivity contribution in [2.24, 2.45) is 16.9 Å². The van der Waals surface area contributed by atoms with Gasteiger partial charge in [0, 0.05) is 6.04 Å². The Hall–Kier alpha value is -1.47. The van der Waals surface area contributed by atoms with Gasteiger partial charge in [-0.1, -0.05) is 0 Å². The first-order valence-electron chi connectivity index (χ1n) is 3.86. The first-order valence-corrected chi connectivity index (χ1v) is 3.86. The van der Waals surface area contributed by atoms with Crippen LogP contribution in [-0.4, -0.2) is 40.0 Å². The maximum atomic E-state index is 11.4. The minimum atomic E-state index is -2.46. The van der Waals surface area contributed by atoms with Gasteiger partial charge in [0.25, 0.3) is 0 Å². The van der Waals surface area contributed by atoms with Crippen LogP contribution in [0.15, 0.2) is 0 Å². The third kappa shape index (κ3) is 1.10. The lowest BCUT2D eigenvalue weighted by atomic mass is 9.85. The highest BCUT2D eigenvalue weighted by Crippen LogP contribution is 2.34. The second kappa shape index (κ2) is 3.03. The van der Waals surface area contributed by atoms with E-state index in [-0.39, 0.29) is 0 Å². The number of Topliss-reactive ketones (excluding diaryl/α,β-unsaturated/α-hetero) is 1. The molecule has 0 saturated heterocycles. The molecule has 0 heterocycles. The van der Waals surface area contributed by atoms with Crippen molar-refractivity contribution in [3.05, 3.63) is 0 Å². The molecule has 6 N–H and O–H groups in total. The van der Waals surface area contributed by atoms with Crippen molar-refractivity contribution in [2.45, 2.75) is 18.5 Å². The zero-order valence-electron chi connectivity index (χ0n) is 7.14. The summed E-state index contributed by atoms with van der Waals surface area (Å²) in [5.74, 6) is -4.46. The summed E-state index contributed by atoms with van der Waals surface area (Å²) in [6.07, 6.45) is -0.461. The Morgan fingerprint density at radius 1 is 1.29 bits per heavy atom. The first kappa shape index (κ1) is 10.6. The molecule has 0 aromatic carbocycles. The molecular weight excluding hydrogens is 192 g/mol. The van der Waals surface area contributed by atoms with Crippen LogP contribution < -0.4 is 11.5 Å². The quantitative estimate of drug-likeness (QED) is 0.371. The molecule has 2 unspecified atom stereocenters. The maximum absolute atomic E-state index is 11.4. The molecule has 1 fully saturated rings. The monoisotopic (exact) mass is 202 g/mol. The van der Waals surface area contributed by atoms with Gasteiger partial charge in [0.2, 0.25) is 5.41 Å². The fourth-order valence-corrected chi connectivity index (χ4v) is 1.54. The molecule has 2 atom stereocenters. The Balaban J connectivity index is 3.21. The molecule has 7 heteroatoms. The summed E-state index contributed by atoms with van der Waals surface area (Å²) in [7, 11) is 0. The Morgan fingerprint density at radius 3 is 1.86 bits per heavy atom. The third-order valence-electron chi connectivity index (χ3n) is 2.46. The molecule has 0 aromatic rings. The van der Waals surface area contributed by atoms with E-state index in [2.05, 4.69) is 0 Å². The highest BCUT2D eigenvalue weighted by atomic mass is 16.4. The van der Waals surface area contributed by atoms with Crippen molar-refractivity contribution in [1.82, 2.24) is 0 Å². The van der Waals surface area contributed by atoms with Gasteiger partial charge in [-0.05, 0) is 6.42 Å². The molecule has 0 spiro atoms. The number of carbonyl (C=O) groups is 3. The minimum Gasteiger partial charge on any atom is -0.480 e. The van der Waals surface area contributed by atoms with Gasteiger partial charge < -0.3 is 21.7 Å². The molecule has 1 saturated carbocycles. The van der Waals surface area contributed by atoms with Crippen LogP contribution in [0.1, 0.15) is 6.42 Å². The smallest absolute Gasteiger partial charge is 0.328 e. The van der Waals surface area contributed by atoms with Crippen LogP contribution in [0.3, 0.4) is 0 Å². The lowest BCUT2D eigenvalue weighted by Crippen LogP contribution is -2.47. The zero-order chi connectivity index (χ0) is 11.1. The Labute approximate surface area is 78.7 Å². The summed E-state index contributed by atoms with van der Waals surface area (Å²) in [6, 6.07) is -2.14. The predicted octanol–water partition coefficient (Wildman–Crippen LogP) is -2.23. The van der Waals surface area contributed by atoms with Gasteiger partial charge in [0.1, 0.15) is 0 Å². The average molecular weight is 202 g/mol. The fourth-order valence-electron chi connectivity index (χ4n) is 1.54. The van der Waals surface area contributed by atoms with E-state index in [1.807, 2.05) is 0 Å². The summed E-state index contributed by atoms with van der Waals surface area (Å²) in [5, 5.41) is 17.5. The van der Waals surface area contributed by atoms with Crippen molar-refractivity contribution in [1.29, 1.82) is 0 Å². The van der Waals surface area contributed by atoms with Crippen LogP contribution in [0, 0.1) is 5.41 Å². The highest BCUT2D eigenvalue weighted by molar-refractivity contribution is 6.22. The molecule has 0 aromatic heterocycles. The summed E-state index contributed by atoms with van der Waals surface area (Å²) in [5.41, 5.74) is 8.16. The largest absolute Gasteiger partial charge is 0.480 e. The molecule has 1 aliphatic carbocycles. The molecule has 0 amide bonds. The Bertz CT molecular complexity index is 299. The van der Waals surface area contributed by atoms with Crippen molar-refractivity contribution in [2.75, 3.05) is 0 Å². The number of rotatable bonds is 2. The van der Waals surface area contributed by atoms with Crippen molar-refractivity contribution in [3.8, 4) is 0 Å². The standard InChI is InChI=1S/C7H10N2O5/c8-2-1-7(5(11)12,6(13)14)4(10)3(2)9/h2-3H,1,8-9H2,(H,11,12)(H,13,14). The van der Waals surface area contributed by atoms with Gasteiger partial charge in [-0.15, -0.1) is 0 Å². The van der Waals surface area contributed by atoms with Gasteiger partial charge in [0.15, 0.2) is 5.78 Å². The van der Waals surface area contributed by atoms with Gasteiger partial charge in [0.05, 0.1) is 6.04 Å². The van der Waals surface area contributed by atoms with Crippen molar-refractivity contribution < 1.29 is 24.6 Å². The van der Waals surface area contributed by atoms with Crippen LogP contribution in [0.25, 0.3) is 0 Å². The lowest BCUT2D eigenvalue weighted by Gasteiger charge is -2.16. The number of nitrogens with two attached hydrogens (primary N) is 2. The third-order valence-corrected chi connectivity index (χ3v) is 2.46. The number of carboxylic acid groups (broad SMARTS) is 2. The number of ketones is 1. The van der Waals surface area contributed by atoms with Crippen LogP contribution in [0.2, 0.25) is 0 Å². The highest BCUT2D eigenvalue weighted by Gasteiger charge is 2.61. The van der Waals surface area contributed by atoms with E-state index in [9.17, 15) is 14.4 Å². The molecule has 0 aliphatic heterocycles.